The Balaban J connectivity index is 2.27. The minimum Gasteiger partial charge on any atom is -0.358 e. The average Bonchev–Trinajstić information content (AvgIpc) is 3.03. The summed E-state index contributed by atoms with van der Waals surface area (Å²) in [5.74, 6) is 2.41. The first kappa shape index (κ1) is 16.5. The van der Waals surface area contributed by atoms with E-state index >= 15 is 0 Å². The number of nitro groups is 1. The first-order chi connectivity index (χ1) is 11.0. The molecule has 1 heterocycles. The molecule has 0 fully saturated rings. The molecule has 6 nitrogen and oxygen atoms in total. The van der Waals surface area contributed by atoms with E-state index < -0.39 is 4.92 Å². The number of nitrogens with zero attached hydrogens (tertiary/aromatic N) is 2. The topological polar surface area (TPSA) is 75.5 Å². The van der Waals surface area contributed by atoms with Gasteiger partial charge in [0.1, 0.15) is 0 Å². The van der Waals surface area contributed by atoms with E-state index in [1.807, 2.05) is 23.1 Å². The quantitative estimate of drug-likeness (QED) is 0.501. The van der Waals surface area contributed by atoms with Crippen LogP contribution in [0.1, 0.15) is 11.1 Å². The standard InChI is InChI=1S/C16H15N3O3S/c1-3-12-5-4-6-14(7-12)18(10-15(20)17-2)9-13-8-16(19(21)22)23-11-13/h1,4-8,11H,9-10H2,2H3,(H,17,20). The Bertz CT molecular complexity index is 764. The van der Waals surface area contributed by atoms with E-state index in [-0.39, 0.29) is 17.5 Å². The number of likely N-dealkylation sites (N-methyl/N-ethyl adjacent to an activating group) is 1. The summed E-state index contributed by atoms with van der Waals surface area (Å²) in [4.78, 5) is 24.0. The molecule has 0 aliphatic rings. The van der Waals surface area contributed by atoms with Gasteiger partial charge in [-0.05, 0) is 23.8 Å². The third-order valence-electron chi connectivity index (χ3n) is 3.18. The smallest absolute Gasteiger partial charge is 0.324 e. The van der Waals surface area contributed by atoms with Crippen LogP contribution in [-0.2, 0) is 11.3 Å². The van der Waals surface area contributed by atoms with Crippen molar-refractivity contribution in [3.8, 4) is 12.3 Å². The molecule has 1 amide bonds. The summed E-state index contributed by atoms with van der Waals surface area (Å²) in [7, 11) is 1.56. The Morgan fingerprint density at radius 1 is 1.48 bits per heavy atom. The zero-order valence-electron chi connectivity index (χ0n) is 12.5. The van der Waals surface area contributed by atoms with Crippen molar-refractivity contribution >= 4 is 27.9 Å². The van der Waals surface area contributed by atoms with Gasteiger partial charge in [0.05, 0.1) is 11.5 Å². The van der Waals surface area contributed by atoms with Crippen LogP contribution >= 0.6 is 11.3 Å². The fraction of sp³-hybridized carbons (Fsp3) is 0.188. The fourth-order valence-corrected chi connectivity index (χ4v) is 2.77. The van der Waals surface area contributed by atoms with E-state index in [0.29, 0.717) is 12.1 Å². The second kappa shape index (κ2) is 7.42. The van der Waals surface area contributed by atoms with Crippen molar-refractivity contribution in [2.75, 3.05) is 18.5 Å². The van der Waals surface area contributed by atoms with Gasteiger partial charge in [-0.25, -0.2) is 0 Å². The number of nitrogens with one attached hydrogen (secondary N) is 1. The van der Waals surface area contributed by atoms with Gasteiger partial charge in [0.15, 0.2) is 0 Å². The summed E-state index contributed by atoms with van der Waals surface area (Å²) in [6.45, 7) is 0.514. The van der Waals surface area contributed by atoms with E-state index in [2.05, 4.69) is 11.2 Å². The lowest BCUT2D eigenvalue weighted by atomic mass is 10.2. The van der Waals surface area contributed by atoms with Crippen LogP contribution in [0.3, 0.4) is 0 Å². The van der Waals surface area contributed by atoms with Gasteiger partial charge in [0.2, 0.25) is 5.91 Å². The minimum absolute atomic E-state index is 0.0808. The van der Waals surface area contributed by atoms with Crippen LogP contribution in [0.4, 0.5) is 10.7 Å². The Kier molecular flexibility index (Phi) is 5.33. The highest BCUT2D eigenvalue weighted by Gasteiger charge is 2.15. The second-order valence-electron chi connectivity index (χ2n) is 4.77. The van der Waals surface area contributed by atoms with Gasteiger partial charge in [-0.2, -0.15) is 0 Å². The number of hydrogen-bond acceptors (Lipinski definition) is 5. The van der Waals surface area contributed by atoms with Crippen molar-refractivity contribution in [1.29, 1.82) is 0 Å². The number of amides is 1. The number of anilines is 1. The van der Waals surface area contributed by atoms with Gasteiger partial charge in [-0.15, -0.1) is 6.42 Å². The molecule has 1 aromatic carbocycles. The molecule has 0 saturated heterocycles. The average molecular weight is 329 g/mol. The molecule has 7 heteroatoms. The number of terminal acetylenes is 1. The molecule has 0 radical (unpaired) electrons. The number of carbonyl (C=O) groups is 1. The molecule has 1 N–H and O–H groups in total. The molecule has 1 aromatic heterocycles. The number of rotatable bonds is 6. The third-order valence-corrected chi connectivity index (χ3v) is 4.11. The lowest BCUT2D eigenvalue weighted by Crippen LogP contribution is -2.35. The van der Waals surface area contributed by atoms with E-state index in [4.69, 9.17) is 6.42 Å². The third kappa shape index (κ3) is 4.31. The van der Waals surface area contributed by atoms with Crippen molar-refractivity contribution in [3.63, 3.8) is 0 Å². The van der Waals surface area contributed by atoms with Gasteiger partial charge in [0.25, 0.3) is 0 Å². The summed E-state index contributed by atoms with van der Waals surface area (Å²) in [5.41, 5.74) is 2.27. The molecule has 0 unspecified atom stereocenters. The van der Waals surface area contributed by atoms with E-state index in [0.717, 1.165) is 22.6 Å². The SMILES string of the molecule is C#Cc1cccc(N(CC(=O)NC)Cc2csc([N+](=O)[O-])c2)c1. The lowest BCUT2D eigenvalue weighted by Gasteiger charge is -2.23. The van der Waals surface area contributed by atoms with Gasteiger partial charge in [-0.1, -0.05) is 23.3 Å². The maximum absolute atomic E-state index is 11.8. The van der Waals surface area contributed by atoms with Crippen molar-refractivity contribution < 1.29 is 9.72 Å². The molecule has 0 saturated carbocycles. The first-order valence-electron chi connectivity index (χ1n) is 6.77. The molecule has 118 valence electrons. The summed E-state index contributed by atoms with van der Waals surface area (Å²) in [6.07, 6.45) is 5.41. The molecule has 0 aliphatic heterocycles. The molecule has 0 bridgehead atoms. The first-order valence-corrected chi connectivity index (χ1v) is 7.65. The van der Waals surface area contributed by atoms with Gasteiger partial charge in [0, 0.05) is 36.3 Å². The fourth-order valence-electron chi connectivity index (χ4n) is 2.05. The molecule has 23 heavy (non-hydrogen) atoms. The van der Waals surface area contributed by atoms with E-state index in [1.54, 1.807) is 18.5 Å². The zero-order valence-corrected chi connectivity index (χ0v) is 13.3. The van der Waals surface area contributed by atoms with Crippen molar-refractivity contribution in [3.05, 3.63) is 57.0 Å². The summed E-state index contributed by atoms with van der Waals surface area (Å²) in [6, 6.07) is 8.80. The Morgan fingerprint density at radius 3 is 2.87 bits per heavy atom. The van der Waals surface area contributed by atoms with E-state index in [1.165, 1.54) is 6.07 Å². The normalized spacial score (nSPS) is 9.91. The largest absolute Gasteiger partial charge is 0.358 e. The highest BCUT2D eigenvalue weighted by molar-refractivity contribution is 7.13. The second-order valence-corrected chi connectivity index (χ2v) is 5.66. The summed E-state index contributed by atoms with van der Waals surface area (Å²) in [5, 5.41) is 15.2. The van der Waals surface area contributed by atoms with Crippen molar-refractivity contribution in [2.45, 2.75) is 6.54 Å². The van der Waals surface area contributed by atoms with Crippen molar-refractivity contribution in [1.82, 2.24) is 5.32 Å². The van der Waals surface area contributed by atoms with E-state index in [9.17, 15) is 14.9 Å². The molecule has 0 spiro atoms. The van der Waals surface area contributed by atoms with Gasteiger partial charge in [-0.3, -0.25) is 14.9 Å². The summed E-state index contributed by atoms with van der Waals surface area (Å²) >= 11 is 1.07. The van der Waals surface area contributed by atoms with Crippen LogP contribution in [0.5, 0.6) is 0 Å². The van der Waals surface area contributed by atoms with Crippen LogP contribution < -0.4 is 10.2 Å². The molecule has 0 atom stereocenters. The van der Waals surface area contributed by atoms with Gasteiger partial charge >= 0.3 is 5.00 Å². The summed E-state index contributed by atoms with van der Waals surface area (Å²) < 4.78 is 0. The number of hydrogen-bond donors (Lipinski definition) is 1. The number of thiophene rings is 1. The Morgan fingerprint density at radius 2 is 2.26 bits per heavy atom. The van der Waals surface area contributed by atoms with Crippen LogP contribution in [-0.4, -0.2) is 24.4 Å². The molecule has 0 aliphatic carbocycles. The maximum Gasteiger partial charge on any atom is 0.324 e. The zero-order chi connectivity index (χ0) is 16.8. The van der Waals surface area contributed by atoms with Crippen LogP contribution in [0, 0.1) is 22.5 Å². The highest BCUT2D eigenvalue weighted by atomic mass is 32.1. The minimum atomic E-state index is -0.420. The Labute approximate surface area is 137 Å². The predicted molar refractivity (Wildman–Crippen MR) is 90.5 cm³/mol. The van der Waals surface area contributed by atoms with Crippen LogP contribution in [0.25, 0.3) is 0 Å². The van der Waals surface area contributed by atoms with Crippen LogP contribution in [0.2, 0.25) is 0 Å². The highest BCUT2D eigenvalue weighted by Crippen LogP contribution is 2.25. The lowest BCUT2D eigenvalue weighted by molar-refractivity contribution is -0.380. The van der Waals surface area contributed by atoms with Crippen LogP contribution in [0.15, 0.2) is 35.7 Å². The maximum atomic E-state index is 11.8. The molecule has 2 rings (SSSR count). The Hall–Kier alpha value is -2.85. The number of carbonyl (C=O) groups excluding carboxylic acids is 1. The predicted octanol–water partition coefficient (Wildman–Crippen LogP) is 2.39. The van der Waals surface area contributed by atoms with Gasteiger partial charge < -0.3 is 10.2 Å². The number of benzene rings is 1. The van der Waals surface area contributed by atoms with Crippen molar-refractivity contribution in [2.24, 2.45) is 0 Å². The molecular formula is C16H15N3O3S. The monoisotopic (exact) mass is 329 g/mol. The molecular weight excluding hydrogens is 314 g/mol. The molecule has 2 aromatic rings.